The van der Waals surface area contributed by atoms with E-state index >= 15 is 0 Å². The van der Waals surface area contributed by atoms with Crippen LogP contribution >= 0.6 is 8.69 Å². The summed E-state index contributed by atoms with van der Waals surface area (Å²) in [7, 11) is -0.602. The summed E-state index contributed by atoms with van der Waals surface area (Å²) >= 11 is 0. The third kappa shape index (κ3) is 5.38. The predicted molar refractivity (Wildman–Crippen MR) is 57.5 cm³/mol. The van der Waals surface area contributed by atoms with Crippen LogP contribution in [0.1, 0.15) is 52.9 Å². The summed E-state index contributed by atoms with van der Waals surface area (Å²) < 4.78 is 15.7. The molecule has 13 heavy (non-hydrogen) atoms. The Hall–Kier alpha value is 0.0600. The number of hydrogen-bond acceptors (Lipinski definition) is 2. The van der Waals surface area contributed by atoms with E-state index in [2.05, 4.69) is 20.8 Å². The van der Waals surface area contributed by atoms with Gasteiger partial charge in [0.2, 0.25) is 0 Å². The second-order valence-electron chi connectivity index (χ2n) is 3.49. The molecule has 0 aromatic carbocycles. The normalized spacial score (nSPS) is 15.9. The van der Waals surface area contributed by atoms with Gasteiger partial charge in [-0.3, -0.25) is 0 Å². The molecule has 0 amide bonds. The van der Waals surface area contributed by atoms with Gasteiger partial charge in [-0.05, 0) is 23.3 Å². The molecule has 0 saturated heterocycles. The van der Waals surface area contributed by atoms with Crippen molar-refractivity contribution in [3.63, 3.8) is 0 Å². The van der Waals surface area contributed by atoms with E-state index in [1.807, 2.05) is 0 Å². The molecule has 0 aliphatic heterocycles. The Kier molecular flexibility index (Phi) is 8.69. The molecule has 0 aliphatic carbocycles. The van der Waals surface area contributed by atoms with E-state index < -0.39 is 8.69 Å². The first-order valence-electron chi connectivity index (χ1n) is 5.32. The zero-order valence-electron chi connectivity index (χ0n) is 9.01. The van der Waals surface area contributed by atoms with Gasteiger partial charge in [-0.1, -0.05) is 40.0 Å². The summed E-state index contributed by atoms with van der Waals surface area (Å²) in [5.41, 5.74) is 0. The van der Waals surface area contributed by atoms with Gasteiger partial charge < -0.3 is 0 Å². The zero-order chi connectivity index (χ0) is 10.1. The second-order valence-corrected chi connectivity index (χ2v) is 3.89. The third-order valence-corrected chi connectivity index (χ3v) is 2.88. The lowest BCUT2D eigenvalue weighted by Crippen LogP contribution is -2.20. The molecule has 0 bridgehead atoms. The highest BCUT2D eigenvalue weighted by Gasteiger charge is 2.22. The summed E-state index contributed by atoms with van der Waals surface area (Å²) in [6, 6.07) is 0. The minimum absolute atomic E-state index is 0.214. The van der Waals surface area contributed by atoms with Crippen molar-refractivity contribution in [3.05, 3.63) is 0 Å². The predicted octanol–water partition coefficient (Wildman–Crippen LogP) is 3.94. The number of rotatable bonds is 8. The van der Waals surface area contributed by atoms with Gasteiger partial charge in [-0.2, -0.15) is 0 Å². The lowest BCUT2D eigenvalue weighted by atomic mass is 9.92. The van der Waals surface area contributed by atoms with Gasteiger partial charge >= 0.3 is 8.69 Å². The van der Waals surface area contributed by atoms with Gasteiger partial charge in [0, 0.05) is 0 Å². The molecule has 0 rings (SSSR count). The van der Waals surface area contributed by atoms with Crippen molar-refractivity contribution in [1.82, 2.24) is 0 Å². The SMILES string of the molecule is CCCC(CC)C(CCC)O[PH+]=O. The quantitative estimate of drug-likeness (QED) is 0.561. The van der Waals surface area contributed by atoms with Crippen molar-refractivity contribution in [1.29, 1.82) is 0 Å². The Bertz CT molecular complexity index is 128. The monoisotopic (exact) mass is 205 g/mol. The summed E-state index contributed by atoms with van der Waals surface area (Å²) in [5, 5.41) is 0. The molecule has 3 atom stereocenters. The van der Waals surface area contributed by atoms with Crippen molar-refractivity contribution >= 4 is 8.69 Å². The van der Waals surface area contributed by atoms with E-state index in [0.717, 1.165) is 19.3 Å². The molecule has 3 heteroatoms. The highest BCUT2D eigenvalue weighted by molar-refractivity contribution is 7.17. The highest BCUT2D eigenvalue weighted by Crippen LogP contribution is 2.24. The molecule has 2 nitrogen and oxygen atoms in total. The maximum absolute atomic E-state index is 10.4. The minimum Gasteiger partial charge on any atom is -0.144 e. The maximum Gasteiger partial charge on any atom is 0.494 e. The average Bonchev–Trinajstić information content (AvgIpc) is 2.14. The van der Waals surface area contributed by atoms with Crippen molar-refractivity contribution in [3.8, 4) is 0 Å². The molecule has 0 aliphatic rings. The van der Waals surface area contributed by atoms with E-state index in [1.165, 1.54) is 12.8 Å². The van der Waals surface area contributed by atoms with Crippen LogP contribution in [0.3, 0.4) is 0 Å². The minimum atomic E-state index is -0.602. The van der Waals surface area contributed by atoms with Crippen LogP contribution in [0.25, 0.3) is 0 Å². The van der Waals surface area contributed by atoms with Crippen LogP contribution in [0.5, 0.6) is 0 Å². The van der Waals surface area contributed by atoms with Gasteiger partial charge in [0.1, 0.15) is 6.10 Å². The summed E-state index contributed by atoms with van der Waals surface area (Å²) in [5.74, 6) is 0.589. The molecule has 78 valence electrons. The summed E-state index contributed by atoms with van der Waals surface area (Å²) in [6.45, 7) is 6.51. The van der Waals surface area contributed by atoms with E-state index in [1.54, 1.807) is 0 Å². The largest absolute Gasteiger partial charge is 0.494 e. The summed E-state index contributed by atoms with van der Waals surface area (Å²) in [6.07, 6.45) is 5.85. The smallest absolute Gasteiger partial charge is 0.144 e. The fourth-order valence-electron chi connectivity index (χ4n) is 1.76. The Morgan fingerprint density at radius 1 is 1.15 bits per heavy atom. The zero-order valence-corrected chi connectivity index (χ0v) is 10.0. The molecule has 0 saturated carbocycles. The second kappa shape index (κ2) is 8.65. The molecule has 0 fully saturated rings. The molecule has 0 radical (unpaired) electrons. The highest BCUT2D eigenvalue weighted by atomic mass is 31.1. The topological polar surface area (TPSA) is 26.3 Å². The third-order valence-electron chi connectivity index (χ3n) is 2.48. The van der Waals surface area contributed by atoms with Crippen LogP contribution in [0, 0.1) is 5.92 Å². The van der Waals surface area contributed by atoms with Crippen molar-refractivity contribution in [2.45, 2.75) is 59.0 Å². The van der Waals surface area contributed by atoms with Crippen LogP contribution in [-0.4, -0.2) is 6.10 Å². The van der Waals surface area contributed by atoms with Crippen LogP contribution in [0.4, 0.5) is 0 Å². The molecule has 0 spiro atoms. The van der Waals surface area contributed by atoms with E-state index in [-0.39, 0.29) is 6.10 Å². The fourth-order valence-corrected chi connectivity index (χ4v) is 2.19. The van der Waals surface area contributed by atoms with E-state index in [9.17, 15) is 4.57 Å². The first kappa shape index (κ1) is 13.1. The van der Waals surface area contributed by atoms with Crippen molar-refractivity contribution in [2.75, 3.05) is 0 Å². The Morgan fingerprint density at radius 2 is 1.77 bits per heavy atom. The summed E-state index contributed by atoms with van der Waals surface area (Å²) in [4.78, 5) is 0. The molecular weight excluding hydrogens is 183 g/mol. The van der Waals surface area contributed by atoms with Gasteiger partial charge in [0.05, 0.1) is 0 Å². The molecule has 0 N–H and O–H groups in total. The fraction of sp³-hybridized carbons (Fsp3) is 1.00. The van der Waals surface area contributed by atoms with Crippen LogP contribution in [0.15, 0.2) is 0 Å². The Morgan fingerprint density at radius 3 is 2.15 bits per heavy atom. The van der Waals surface area contributed by atoms with Crippen molar-refractivity contribution < 1.29 is 9.09 Å². The van der Waals surface area contributed by atoms with Crippen molar-refractivity contribution in [2.24, 2.45) is 5.92 Å². The average molecular weight is 205 g/mol. The molecule has 0 aromatic heterocycles. The lowest BCUT2D eigenvalue weighted by molar-refractivity contribution is 0.129. The van der Waals surface area contributed by atoms with Gasteiger partial charge in [-0.15, -0.1) is 4.52 Å². The standard InChI is InChI=1S/C10H22O2P/c1-4-7-9(6-3)10(8-5-2)12-13-11/h9-10,13H,4-8H2,1-3H3/q+1. The van der Waals surface area contributed by atoms with Crippen LogP contribution in [0.2, 0.25) is 0 Å². The number of hydrogen-bond donors (Lipinski definition) is 0. The van der Waals surface area contributed by atoms with Gasteiger partial charge in [-0.25, -0.2) is 0 Å². The van der Waals surface area contributed by atoms with E-state index in [4.69, 9.17) is 4.52 Å². The molecule has 0 heterocycles. The maximum atomic E-state index is 10.4. The van der Waals surface area contributed by atoms with Crippen LogP contribution in [-0.2, 0) is 9.09 Å². The van der Waals surface area contributed by atoms with E-state index in [0.29, 0.717) is 5.92 Å². The Balaban J connectivity index is 4.02. The molecule has 3 unspecified atom stereocenters. The molecular formula is C10H22O2P+. The molecule has 0 aromatic rings. The lowest BCUT2D eigenvalue weighted by Gasteiger charge is -2.19. The first-order valence-corrected chi connectivity index (χ1v) is 6.14. The first-order chi connectivity index (χ1) is 6.29. The van der Waals surface area contributed by atoms with Gasteiger partial charge in [0.25, 0.3) is 0 Å². The van der Waals surface area contributed by atoms with Crippen LogP contribution < -0.4 is 0 Å². The van der Waals surface area contributed by atoms with Gasteiger partial charge in [0.15, 0.2) is 0 Å². The Labute approximate surface area is 83.3 Å².